The summed E-state index contributed by atoms with van der Waals surface area (Å²) in [5, 5.41) is 14.2. The molecule has 0 saturated carbocycles. The molecule has 0 unspecified atom stereocenters. The second-order valence-electron chi connectivity index (χ2n) is 5.31. The third-order valence-corrected chi connectivity index (χ3v) is 4.13. The summed E-state index contributed by atoms with van der Waals surface area (Å²) in [5.74, 6) is 1.47. The fraction of sp³-hybridized carbons (Fsp3) is 0.538. The van der Waals surface area contributed by atoms with Crippen LogP contribution in [-0.2, 0) is 0 Å². The molecular formula is C13H17N3O2. The van der Waals surface area contributed by atoms with Crippen molar-refractivity contribution in [3.8, 4) is 0 Å². The Morgan fingerprint density at radius 2 is 2.00 bits per heavy atom. The van der Waals surface area contributed by atoms with Gasteiger partial charge in [-0.2, -0.15) is 0 Å². The molecule has 1 N–H and O–H groups in total. The number of benzene rings is 1. The highest BCUT2D eigenvalue weighted by atomic mass is 16.6. The summed E-state index contributed by atoms with van der Waals surface area (Å²) in [4.78, 5) is 12.8. The zero-order valence-corrected chi connectivity index (χ0v) is 10.4. The highest BCUT2D eigenvalue weighted by Gasteiger charge is 2.36. The first-order valence-corrected chi connectivity index (χ1v) is 6.36. The van der Waals surface area contributed by atoms with Crippen molar-refractivity contribution in [2.24, 2.45) is 11.8 Å². The van der Waals surface area contributed by atoms with Gasteiger partial charge in [0.1, 0.15) is 0 Å². The summed E-state index contributed by atoms with van der Waals surface area (Å²) >= 11 is 0. The van der Waals surface area contributed by atoms with E-state index in [0.29, 0.717) is 0 Å². The van der Waals surface area contributed by atoms with Gasteiger partial charge < -0.3 is 10.2 Å². The van der Waals surface area contributed by atoms with E-state index in [1.807, 2.05) is 12.1 Å². The first-order chi connectivity index (χ1) is 8.65. The Hall–Kier alpha value is -1.62. The van der Waals surface area contributed by atoms with E-state index >= 15 is 0 Å². The highest BCUT2D eigenvalue weighted by Crippen LogP contribution is 2.32. The van der Waals surface area contributed by atoms with Crippen LogP contribution < -0.4 is 10.2 Å². The van der Waals surface area contributed by atoms with Crippen molar-refractivity contribution in [1.82, 2.24) is 5.32 Å². The number of fused-ring (bicyclic) bond motifs is 1. The van der Waals surface area contributed by atoms with Gasteiger partial charge in [0.05, 0.1) is 4.92 Å². The van der Waals surface area contributed by atoms with Crippen molar-refractivity contribution in [3.05, 3.63) is 33.9 Å². The number of nitro groups is 1. The third-order valence-electron chi connectivity index (χ3n) is 4.13. The lowest BCUT2D eigenvalue weighted by molar-refractivity contribution is -0.385. The topological polar surface area (TPSA) is 58.4 Å². The first kappa shape index (κ1) is 11.5. The maximum Gasteiger partial charge on any atom is 0.272 e. The van der Waals surface area contributed by atoms with E-state index in [4.69, 9.17) is 0 Å². The minimum atomic E-state index is -0.318. The van der Waals surface area contributed by atoms with Crippen molar-refractivity contribution in [1.29, 1.82) is 0 Å². The van der Waals surface area contributed by atoms with Crippen LogP contribution in [0.4, 0.5) is 11.4 Å². The van der Waals surface area contributed by atoms with Crippen molar-refractivity contribution in [3.63, 3.8) is 0 Å². The molecule has 2 aliphatic heterocycles. The van der Waals surface area contributed by atoms with Crippen LogP contribution in [0, 0.1) is 28.9 Å². The molecule has 18 heavy (non-hydrogen) atoms. The van der Waals surface area contributed by atoms with Crippen molar-refractivity contribution >= 4 is 11.4 Å². The molecule has 2 heterocycles. The normalized spacial score (nSPS) is 26.4. The molecule has 96 valence electrons. The Morgan fingerprint density at radius 3 is 2.56 bits per heavy atom. The van der Waals surface area contributed by atoms with E-state index in [-0.39, 0.29) is 10.6 Å². The van der Waals surface area contributed by atoms with Gasteiger partial charge in [-0.1, -0.05) is 0 Å². The average Bonchev–Trinajstić information content (AvgIpc) is 2.87. The monoisotopic (exact) mass is 247 g/mol. The number of rotatable bonds is 2. The predicted molar refractivity (Wildman–Crippen MR) is 69.9 cm³/mol. The maximum atomic E-state index is 10.8. The molecule has 1 aromatic carbocycles. The third kappa shape index (κ3) is 1.84. The molecule has 0 aromatic heterocycles. The number of hydrogen-bond acceptors (Lipinski definition) is 4. The van der Waals surface area contributed by atoms with E-state index in [1.165, 1.54) is 0 Å². The van der Waals surface area contributed by atoms with Crippen molar-refractivity contribution < 1.29 is 4.92 Å². The molecule has 2 fully saturated rings. The molecular weight excluding hydrogens is 230 g/mol. The first-order valence-electron chi connectivity index (χ1n) is 6.36. The summed E-state index contributed by atoms with van der Waals surface area (Å²) in [6.45, 7) is 6.14. The number of nitrogens with one attached hydrogen (secondary N) is 1. The number of nitrogens with zero attached hydrogens (tertiary/aromatic N) is 2. The van der Waals surface area contributed by atoms with Crippen LogP contribution >= 0.6 is 0 Å². The van der Waals surface area contributed by atoms with Crippen LogP contribution in [0.25, 0.3) is 0 Å². The van der Waals surface area contributed by atoms with Gasteiger partial charge in [-0.3, -0.25) is 10.1 Å². The molecule has 0 amide bonds. The second-order valence-corrected chi connectivity index (χ2v) is 5.31. The Kier molecular flexibility index (Phi) is 2.70. The SMILES string of the molecule is Cc1cc(N2C[C@H]3CNC[C@H]3C2)ccc1[N+](=O)[O-]. The largest absolute Gasteiger partial charge is 0.371 e. The molecule has 2 aliphatic rings. The lowest BCUT2D eigenvalue weighted by Gasteiger charge is -2.20. The standard InChI is InChI=1S/C13H17N3O2/c1-9-4-12(2-3-13(9)16(17)18)15-7-10-5-14-6-11(10)8-15/h2-4,10-11,14H,5-8H2,1H3/t10-,11+. The van der Waals surface area contributed by atoms with E-state index in [0.717, 1.165) is 49.3 Å². The Bertz CT molecular complexity index is 477. The summed E-state index contributed by atoms with van der Waals surface area (Å²) in [5.41, 5.74) is 2.07. The van der Waals surface area contributed by atoms with Gasteiger partial charge in [0.2, 0.25) is 0 Å². The van der Waals surface area contributed by atoms with Gasteiger partial charge in [0.25, 0.3) is 5.69 Å². The molecule has 5 nitrogen and oxygen atoms in total. The maximum absolute atomic E-state index is 10.8. The molecule has 2 saturated heterocycles. The van der Waals surface area contributed by atoms with E-state index in [1.54, 1.807) is 13.0 Å². The van der Waals surface area contributed by atoms with Crippen LogP contribution in [0.15, 0.2) is 18.2 Å². The zero-order valence-electron chi connectivity index (χ0n) is 10.4. The quantitative estimate of drug-likeness (QED) is 0.636. The lowest BCUT2D eigenvalue weighted by Crippen LogP contribution is -2.25. The summed E-state index contributed by atoms with van der Waals surface area (Å²) in [7, 11) is 0. The van der Waals surface area contributed by atoms with Crippen LogP contribution in [0.2, 0.25) is 0 Å². The lowest BCUT2D eigenvalue weighted by atomic mass is 10.0. The molecule has 5 heteroatoms. The average molecular weight is 247 g/mol. The van der Waals surface area contributed by atoms with Gasteiger partial charge in [-0.05, 0) is 30.9 Å². The minimum Gasteiger partial charge on any atom is -0.371 e. The summed E-state index contributed by atoms with van der Waals surface area (Å²) in [6, 6.07) is 5.43. The molecule has 0 radical (unpaired) electrons. The number of hydrogen-bond donors (Lipinski definition) is 1. The summed E-state index contributed by atoms with van der Waals surface area (Å²) < 4.78 is 0. The van der Waals surface area contributed by atoms with Gasteiger partial charge in [-0.25, -0.2) is 0 Å². The van der Waals surface area contributed by atoms with Crippen LogP contribution in [0.3, 0.4) is 0 Å². The fourth-order valence-electron chi connectivity index (χ4n) is 3.11. The second kappa shape index (κ2) is 4.24. The number of anilines is 1. The number of nitro benzene ring substituents is 1. The van der Waals surface area contributed by atoms with Gasteiger partial charge in [-0.15, -0.1) is 0 Å². The zero-order chi connectivity index (χ0) is 12.7. The highest BCUT2D eigenvalue weighted by molar-refractivity contribution is 5.56. The van der Waals surface area contributed by atoms with E-state index < -0.39 is 0 Å². The van der Waals surface area contributed by atoms with E-state index in [9.17, 15) is 10.1 Å². The number of aryl methyl sites for hydroxylation is 1. The predicted octanol–water partition coefficient (Wildman–Crippen LogP) is 1.56. The minimum absolute atomic E-state index is 0.208. The van der Waals surface area contributed by atoms with Gasteiger partial charge >= 0.3 is 0 Å². The smallest absolute Gasteiger partial charge is 0.272 e. The van der Waals surface area contributed by atoms with Crippen LogP contribution in [0.1, 0.15) is 5.56 Å². The Balaban J connectivity index is 1.81. The summed E-state index contributed by atoms with van der Waals surface area (Å²) in [6.07, 6.45) is 0. The fourth-order valence-corrected chi connectivity index (χ4v) is 3.11. The van der Waals surface area contributed by atoms with Gasteiger partial charge in [0.15, 0.2) is 0 Å². The molecule has 1 aromatic rings. The van der Waals surface area contributed by atoms with Gasteiger partial charge in [0, 0.05) is 43.5 Å². The molecule has 0 bridgehead atoms. The molecule has 2 atom stereocenters. The Morgan fingerprint density at radius 1 is 1.33 bits per heavy atom. The molecule has 0 aliphatic carbocycles. The molecule has 0 spiro atoms. The van der Waals surface area contributed by atoms with E-state index in [2.05, 4.69) is 10.2 Å². The Labute approximate surface area is 106 Å². The molecule has 3 rings (SSSR count). The van der Waals surface area contributed by atoms with Crippen LogP contribution in [0.5, 0.6) is 0 Å². The van der Waals surface area contributed by atoms with Crippen molar-refractivity contribution in [2.75, 3.05) is 31.1 Å². The van der Waals surface area contributed by atoms with Crippen molar-refractivity contribution in [2.45, 2.75) is 6.92 Å². The van der Waals surface area contributed by atoms with Crippen LogP contribution in [-0.4, -0.2) is 31.1 Å².